The molecule has 3 heterocycles. The van der Waals surface area contributed by atoms with Gasteiger partial charge in [-0.1, -0.05) is 6.07 Å². The lowest BCUT2D eigenvalue weighted by Gasteiger charge is -2.20. The fourth-order valence-electron chi connectivity index (χ4n) is 3.49. The summed E-state index contributed by atoms with van der Waals surface area (Å²) in [7, 11) is 1.51. The topological polar surface area (TPSA) is 99.0 Å². The number of anilines is 3. The number of rotatable bonds is 6. The van der Waals surface area contributed by atoms with E-state index < -0.39 is 0 Å². The van der Waals surface area contributed by atoms with Crippen molar-refractivity contribution in [3.05, 3.63) is 23.8 Å². The van der Waals surface area contributed by atoms with Gasteiger partial charge in [-0.2, -0.15) is 20.1 Å². The standard InChI is InChI=1S/C19H25N7O2/c1-28-15-8-6-7-14(16(15)27)13-20-24-17-21-18(25-9-2-3-10-25)23-19(22-17)26-11-4-5-12-26/h6-8,13,27H,2-5,9-12H2,1H3,(H,21,22,23,24). The maximum absolute atomic E-state index is 10.2. The van der Waals surface area contributed by atoms with Gasteiger partial charge in [0.25, 0.3) is 0 Å². The molecular weight excluding hydrogens is 358 g/mol. The van der Waals surface area contributed by atoms with E-state index in [2.05, 4.69) is 35.3 Å². The maximum Gasteiger partial charge on any atom is 0.250 e. The number of hydrogen-bond donors (Lipinski definition) is 2. The molecule has 2 aliphatic rings. The summed E-state index contributed by atoms with van der Waals surface area (Å²) in [6, 6.07) is 5.23. The van der Waals surface area contributed by atoms with Gasteiger partial charge in [0, 0.05) is 31.7 Å². The molecule has 2 N–H and O–H groups in total. The molecule has 0 aliphatic carbocycles. The van der Waals surface area contributed by atoms with Crippen LogP contribution in [0.5, 0.6) is 11.5 Å². The number of nitrogens with one attached hydrogen (secondary N) is 1. The number of hydrazone groups is 1. The van der Waals surface area contributed by atoms with Crippen molar-refractivity contribution < 1.29 is 9.84 Å². The molecule has 0 unspecified atom stereocenters. The van der Waals surface area contributed by atoms with E-state index >= 15 is 0 Å². The van der Waals surface area contributed by atoms with Crippen LogP contribution in [-0.2, 0) is 0 Å². The Morgan fingerprint density at radius 1 is 1.00 bits per heavy atom. The minimum atomic E-state index is 0.0432. The van der Waals surface area contributed by atoms with Gasteiger partial charge in [-0.05, 0) is 37.8 Å². The van der Waals surface area contributed by atoms with Crippen LogP contribution in [0, 0.1) is 0 Å². The molecule has 2 fully saturated rings. The van der Waals surface area contributed by atoms with E-state index in [0.717, 1.165) is 51.9 Å². The third-order valence-corrected chi connectivity index (χ3v) is 5.01. The second-order valence-electron chi connectivity index (χ2n) is 6.92. The van der Waals surface area contributed by atoms with Gasteiger partial charge in [-0.3, -0.25) is 0 Å². The summed E-state index contributed by atoms with van der Waals surface area (Å²) < 4.78 is 5.12. The quantitative estimate of drug-likeness (QED) is 0.579. The largest absolute Gasteiger partial charge is 0.504 e. The third kappa shape index (κ3) is 3.92. The molecule has 0 atom stereocenters. The lowest BCUT2D eigenvalue weighted by molar-refractivity contribution is 0.373. The first-order chi connectivity index (χ1) is 13.7. The first kappa shape index (κ1) is 18.3. The highest BCUT2D eigenvalue weighted by Crippen LogP contribution is 2.28. The van der Waals surface area contributed by atoms with Crippen LogP contribution in [0.4, 0.5) is 17.8 Å². The van der Waals surface area contributed by atoms with Gasteiger partial charge in [-0.25, -0.2) is 5.43 Å². The Morgan fingerprint density at radius 2 is 1.61 bits per heavy atom. The normalized spacial score (nSPS) is 16.9. The van der Waals surface area contributed by atoms with Crippen LogP contribution in [0.25, 0.3) is 0 Å². The fraction of sp³-hybridized carbons (Fsp3) is 0.474. The zero-order chi connectivity index (χ0) is 19.3. The molecule has 0 saturated carbocycles. The van der Waals surface area contributed by atoms with Crippen LogP contribution in [-0.4, -0.2) is 59.6 Å². The first-order valence-corrected chi connectivity index (χ1v) is 9.65. The summed E-state index contributed by atoms with van der Waals surface area (Å²) in [5.41, 5.74) is 3.43. The highest BCUT2D eigenvalue weighted by molar-refractivity contribution is 5.85. The van der Waals surface area contributed by atoms with Gasteiger partial charge in [0.1, 0.15) is 0 Å². The molecule has 148 valence electrons. The number of aromatic nitrogens is 3. The van der Waals surface area contributed by atoms with Gasteiger partial charge in [0.15, 0.2) is 11.5 Å². The van der Waals surface area contributed by atoms with Crippen LogP contribution in [0.15, 0.2) is 23.3 Å². The van der Waals surface area contributed by atoms with Crippen LogP contribution in [0.1, 0.15) is 31.2 Å². The summed E-state index contributed by atoms with van der Waals surface area (Å²) in [4.78, 5) is 18.1. The average molecular weight is 383 g/mol. The number of para-hydroxylation sites is 1. The van der Waals surface area contributed by atoms with Crippen LogP contribution in [0.3, 0.4) is 0 Å². The van der Waals surface area contributed by atoms with Crippen molar-refractivity contribution in [3.8, 4) is 11.5 Å². The van der Waals surface area contributed by atoms with Gasteiger partial charge in [0.2, 0.25) is 17.8 Å². The molecule has 0 spiro atoms. The Kier molecular flexibility index (Phi) is 5.41. The molecule has 2 aromatic rings. The monoisotopic (exact) mass is 383 g/mol. The molecule has 2 saturated heterocycles. The molecule has 0 radical (unpaired) electrons. The van der Waals surface area contributed by atoms with Crippen molar-refractivity contribution in [1.29, 1.82) is 0 Å². The van der Waals surface area contributed by atoms with Gasteiger partial charge >= 0.3 is 0 Å². The lowest BCUT2D eigenvalue weighted by Crippen LogP contribution is -2.25. The van der Waals surface area contributed by atoms with Crippen molar-refractivity contribution in [1.82, 2.24) is 15.0 Å². The summed E-state index contributed by atoms with van der Waals surface area (Å²) in [5.74, 6) is 2.23. The Labute approximate surface area is 164 Å². The number of benzene rings is 1. The molecule has 0 bridgehead atoms. The van der Waals surface area contributed by atoms with Crippen molar-refractivity contribution in [2.75, 3.05) is 48.5 Å². The van der Waals surface area contributed by atoms with Crippen molar-refractivity contribution >= 4 is 24.1 Å². The van der Waals surface area contributed by atoms with Gasteiger partial charge in [0.05, 0.1) is 13.3 Å². The molecule has 0 amide bonds. The minimum absolute atomic E-state index is 0.0432. The predicted octanol–water partition coefficient (Wildman–Crippen LogP) is 2.23. The molecule has 1 aromatic heterocycles. The highest BCUT2D eigenvalue weighted by atomic mass is 16.5. The van der Waals surface area contributed by atoms with E-state index in [0.29, 0.717) is 29.2 Å². The number of aromatic hydroxyl groups is 1. The number of phenols is 1. The number of phenolic OH excluding ortho intramolecular Hbond substituents is 1. The van der Waals surface area contributed by atoms with Crippen LogP contribution in [0.2, 0.25) is 0 Å². The summed E-state index contributed by atoms with van der Waals surface area (Å²) in [6.07, 6.45) is 6.13. The smallest absolute Gasteiger partial charge is 0.250 e. The number of hydrogen-bond acceptors (Lipinski definition) is 9. The highest BCUT2D eigenvalue weighted by Gasteiger charge is 2.21. The van der Waals surface area contributed by atoms with Crippen molar-refractivity contribution in [2.45, 2.75) is 25.7 Å². The van der Waals surface area contributed by atoms with E-state index in [4.69, 9.17) is 4.74 Å². The van der Waals surface area contributed by atoms with E-state index in [1.807, 2.05) is 0 Å². The second kappa shape index (κ2) is 8.28. The predicted molar refractivity (Wildman–Crippen MR) is 109 cm³/mol. The van der Waals surface area contributed by atoms with E-state index in [-0.39, 0.29) is 5.75 Å². The van der Waals surface area contributed by atoms with Gasteiger partial charge in [-0.15, -0.1) is 0 Å². The van der Waals surface area contributed by atoms with Crippen molar-refractivity contribution in [2.24, 2.45) is 5.10 Å². The molecule has 4 rings (SSSR count). The number of ether oxygens (including phenoxy) is 1. The number of nitrogens with zero attached hydrogens (tertiary/aromatic N) is 6. The van der Waals surface area contributed by atoms with Gasteiger partial charge < -0.3 is 19.6 Å². The summed E-state index contributed by atoms with van der Waals surface area (Å²) in [5, 5.41) is 14.4. The zero-order valence-electron chi connectivity index (χ0n) is 16.0. The summed E-state index contributed by atoms with van der Waals surface area (Å²) >= 11 is 0. The minimum Gasteiger partial charge on any atom is -0.504 e. The summed E-state index contributed by atoms with van der Waals surface area (Å²) in [6.45, 7) is 3.85. The molecular formula is C19H25N7O2. The Morgan fingerprint density at radius 3 is 2.18 bits per heavy atom. The lowest BCUT2D eigenvalue weighted by atomic mass is 10.2. The van der Waals surface area contributed by atoms with E-state index in [1.165, 1.54) is 13.3 Å². The maximum atomic E-state index is 10.2. The molecule has 1 aromatic carbocycles. The van der Waals surface area contributed by atoms with Crippen molar-refractivity contribution in [3.63, 3.8) is 0 Å². The molecule has 9 heteroatoms. The van der Waals surface area contributed by atoms with E-state index in [9.17, 15) is 5.11 Å². The Balaban J connectivity index is 1.56. The Hall–Kier alpha value is -3.10. The van der Waals surface area contributed by atoms with Crippen LogP contribution < -0.4 is 20.0 Å². The SMILES string of the molecule is COc1cccc(C=NNc2nc(N3CCCC3)nc(N3CCCC3)n2)c1O. The molecule has 28 heavy (non-hydrogen) atoms. The Bertz CT molecular complexity index is 812. The van der Waals surface area contributed by atoms with Crippen LogP contribution >= 0.6 is 0 Å². The molecule has 2 aliphatic heterocycles. The number of methoxy groups -OCH3 is 1. The first-order valence-electron chi connectivity index (χ1n) is 9.65. The second-order valence-corrected chi connectivity index (χ2v) is 6.92. The molecule has 9 nitrogen and oxygen atoms in total. The van der Waals surface area contributed by atoms with E-state index in [1.54, 1.807) is 18.2 Å². The zero-order valence-corrected chi connectivity index (χ0v) is 16.0. The fourth-order valence-corrected chi connectivity index (χ4v) is 3.49. The third-order valence-electron chi connectivity index (χ3n) is 5.01. The average Bonchev–Trinajstić information content (AvgIpc) is 3.43.